The summed E-state index contributed by atoms with van der Waals surface area (Å²) < 4.78 is 0. The molecule has 3 heteroatoms. The molecule has 1 aliphatic heterocycles. The fraction of sp³-hybridized carbons (Fsp3) is 0.909. The molecular weight excluding hydrogens is 176 g/mol. The van der Waals surface area contributed by atoms with Gasteiger partial charge in [-0.05, 0) is 39.3 Å². The molecule has 0 spiro atoms. The molecule has 0 saturated carbocycles. The average molecular weight is 200 g/mol. The van der Waals surface area contributed by atoms with Crippen molar-refractivity contribution in [2.75, 3.05) is 13.6 Å². The molecule has 1 rings (SSSR count). The van der Waals surface area contributed by atoms with Crippen LogP contribution in [0.15, 0.2) is 0 Å². The van der Waals surface area contributed by atoms with Gasteiger partial charge < -0.3 is 10.6 Å². The van der Waals surface area contributed by atoms with Crippen molar-refractivity contribution >= 4 is 6.41 Å². The number of nitrogens with two attached hydrogens (primary N) is 1. The van der Waals surface area contributed by atoms with Crippen LogP contribution >= 0.6 is 0 Å². The summed E-state index contributed by atoms with van der Waals surface area (Å²) in [6.45, 7) is 5.96. The predicted octanol–water partition coefficient (Wildman–Crippen LogP) is 1.76. The summed E-state index contributed by atoms with van der Waals surface area (Å²) in [6.07, 6.45) is 7.14. The molecule has 1 aliphatic rings. The number of primary amides is 1. The maximum Gasteiger partial charge on any atom is 0.204 e. The van der Waals surface area contributed by atoms with Gasteiger partial charge in [0.05, 0.1) is 0 Å². The van der Waals surface area contributed by atoms with E-state index in [0.717, 1.165) is 0 Å². The van der Waals surface area contributed by atoms with Gasteiger partial charge in [0, 0.05) is 5.54 Å². The zero-order chi connectivity index (χ0) is 11.0. The molecule has 1 saturated heterocycles. The van der Waals surface area contributed by atoms with Crippen molar-refractivity contribution in [1.82, 2.24) is 4.90 Å². The first-order chi connectivity index (χ1) is 6.66. The largest absolute Gasteiger partial charge is 0.372 e. The van der Waals surface area contributed by atoms with Crippen LogP contribution in [0.3, 0.4) is 0 Å². The molecule has 84 valence electrons. The van der Waals surface area contributed by atoms with Gasteiger partial charge in [0.15, 0.2) is 0 Å². The second kappa shape index (κ2) is 6.82. The molecular formula is C11H24N2O. The average Bonchev–Trinajstić information content (AvgIpc) is 2.20. The topological polar surface area (TPSA) is 46.3 Å². The summed E-state index contributed by atoms with van der Waals surface area (Å²) in [5.74, 6) is 0. The van der Waals surface area contributed by atoms with Crippen LogP contribution in [0.2, 0.25) is 0 Å². The Hall–Kier alpha value is -0.570. The monoisotopic (exact) mass is 200 g/mol. The summed E-state index contributed by atoms with van der Waals surface area (Å²) in [5.41, 5.74) is 4.72. The third-order valence-electron chi connectivity index (χ3n) is 3.51. The maximum absolute atomic E-state index is 8.58. The van der Waals surface area contributed by atoms with E-state index in [1.54, 1.807) is 0 Å². The summed E-state index contributed by atoms with van der Waals surface area (Å²) in [7, 11) is 2.28. The number of nitrogens with zero attached hydrogens (tertiary/aromatic N) is 1. The first-order valence-corrected chi connectivity index (χ1v) is 5.53. The summed E-state index contributed by atoms with van der Waals surface area (Å²) in [4.78, 5) is 11.1. The number of hydrogen-bond donors (Lipinski definition) is 1. The smallest absolute Gasteiger partial charge is 0.204 e. The predicted molar refractivity (Wildman–Crippen MR) is 60.0 cm³/mol. The molecule has 0 aliphatic carbocycles. The highest BCUT2D eigenvalue weighted by molar-refractivity contribution is 5.42. The first-order valence-electron chi connectivity index (χ1n) is 5.53. The van der Waals surface area contributed by atoms with Gasteiger partial charge in [0.25, 0.3) is 0 Å². The van der Waals surface area contributed by atoms with Crippen LogP contribution in [0.1, 0.15) is 46.0 Å². The van der Waals surface area contributed by atoms with Crippen molar-refractivity contribution in [2.24, 2.45) is 5.73 Å². The Labute approximate surface area is 87.6 Å². The highest BCUT2D eigenvalue weighted by Crippen LogP contribution is 2.32. The molecule has 1 amide bonds. The molecule has 0 unspecified atom stereocenters. The number of hydrogen-bond acceptors (Lipinski definition) is 2. The second-order valence-corrected chi connectivity index (χ2v) is 3.95. The quantitative estimate of drug-likeness (QED) is 0.690. The minimum absolute atomic E-state index is 0.250. The van der Waals surface area contributed by atoms with E-state index in [0.29, 0.717) is 5.54 Å². The van der Waals surface area contributed by atoms with Crippen molar-refractivity contribution in [3.63, 3.8) is 0 Å². The van der Waals surface area contributed by atoms with Gasteiger partial charge in [0.1, 0.15) is 0 Å². The number of likely N-dealkylation sites (tertiary alicyclic amines) is 1. The van der Waals surface area contributed by atoms with Crippen molar-refractivity contribution < 1.29 is 4.79 Å². The molecule has 1 fully saturated rings. The Balaban J connectivity index is 0.000000500. The van der Waals surface area contributed by atoms with Crippen LogP contribution in [-0.4, -0.2) is 30.4 Å². The van der Waals surface area contributed by atoms with Crippen molar-refractivity contribution in [3.8, 4) is 0 Å². The Morgan fingerprint density at radius 2 is 1.86 bits per heavy atom. The molecule has 0 radical (unpaired) electrons. The van der Waals surface area contributed by atoms with Crippen molar-refractivity contribution in [2.45, 2.75) is 51.5 Å². The number of rotatable bonds is 2. The minimum Gasteiger partial charge on any atom is -0.372 e. The minimum atomic E-state index is 0.250. The van der Waals surface area contributed by atoms with Gasteiger partial charge in [-0.15, -0.1) is 0 Å². The summed E-state index contributed by atoms with van der Waals surface area (Å²) >= 11 is 0. The van der Waals surface area contributed by atoms with Crippen LogP contribution in [0.4, 0.5) is 0 Å². The molecule has 2 N–H and O–H groups in total. The Kier molecular flexibility index (Phi) is 6.54. The lowest BCUT2D eigenvalue weighted by molar-refractivity contribution is -0.106. The first kappa shape index (κ1) is 13.4. The van der Waals surface area contributed by atoms with Crippen molar-refractivity contribution in [3.05, 3.63) is 0 Å². The zero-order valence-electron chi connectivity index (χ0n) is 9.75. The summed E-state index contributed by atoms with van der Waals surface area (Å²) in [6, 6.07) is 0. The van der Waals surface area contributed by atoms with E-state index in [1.165, 1.54) is 38.6 Å². The van der Waals surface area contributed by atoms with E-state index in [-0.39, 0.29) is 6.41 Å². The third-order valence-corrected chi connectivity index (χ3v) is 3.51. The molecule has 1 heterocycles. The van der Waals surface area contributed by atoms with Crippen LogP contribution in [-0.2, 0) is 4.79 Å². The SMILES string of the molecule is CCC1(CC)CCCCN1C.NC=O. The Bertz CT molecular complexity index is 155. The molecule has 14 heavy (non-hydrogen) atoms. The summed E-state index contributed by atoms with van der Waals surface area (Å²) in [5, 5.41) is 0. The van der Waals surface area contributed by atoms with E-state index in [4.69, 9.17) is 4.79 Å². The fourth-order valence-electron chi connectivity index (χ4n) is 2.37. The molecule has 0 atom stereocenters. The lowest BCUT2D eigenvalue weighted by atomic mass is 9.82. The van der Waals surface area contributed by atoms with Crippen molar-refractivity contribution in [1.29, 1.82) is 0 Å². The van der Waals surface area contributed by atoms with E-state index in [9.17, 15) is 0 Å². The molecule has 0 aromatic carbocycles. The lowest BCUT2D eigenvalue weighted by Gasteiger charge is -2.44. The number of carbonyl (C=O) groups is 1. The van der Waals surface area contributed by atoms with Crippen LogP contribution < -0.4 is 5.73 Å². The van der Waals surface area contributed by atoms with E-state index < -0.39 is 0 Å². The van der Waals surface area contributed by atoms with Gasteiger partial charge in [-0.25, -0.2) is 0 Å². The number of carbonyl (C=O) groups excluding carboxylic acids is 1. The number of amides is 1. The Morgan fingerprint density at radius 1 is 1.36 bits per heavy atom. The van der Waals surface area contributed by atoms with Gasteiger partial charge in [-0.1, -0.05) is 20.3 Å². The number of piperidine rings is 1. The molecule has 0 aromatic heterocycles. The van der Waals surface area contributed by atoms with E-state index in [2.05, 4.69) is 31.5 Å². The second-order valence-electron chi connectivity index (χ2n) is 3.95. The fourth-order valence-corrected chi connectivity index (χ4v) is 2.37. The molecule has 0 bridgehead atoms. The van der Waals surface area contributed by atoms with Gasteiger partial charge in [0.2, 0.25) is 6.41 Å². The van der Waals surface area contributed by atoms with Crippen LogP contribution in [0.5, 0.6) is 0 Å². The van der Waals surface area contributed by atoms with Gasteiger partial charge in [-0.3, -0.25) is 4.79 Å². The maximum atomic E-state index is 8.58. The zero-order valence-corrected chi connectivity index (χ0v) is 9.75. The van der Waals surface area contributed by atoms with E-state index >= 15 is 0 Å². The highest BCUT2D eigenvalue weighted by atomic mass is 16.1. The molecule has 3 nitrogen and oxygen atoms in total. The standard InChI is InChI=1S/C10H21N.CH3NO/c1-4-10(5-2)8-6-7-9-11(10)3;2-1-3/h4-9H2,1-3H3;1H,(H2,2,3). The van der Waals surface area contributed by atoms with Crippen LogP contribution in [0, 0.1) is 0 Å². The normalized spacial score (nSPS) is 20.8. The van der Waals surface area contributed by atoms with E-state index in [1.807, 2.05) is 0 Å². The Morgan fingerprint density at radius 3 is 2.14 bits per heavy atom. The van der Waals surface area contributed by atoms with Gasteiger partial charge >= 0.3 is 0 Å². The van der Waals surface area contributed by atoms with Gasteiger partial charge in [-0.2, -0.15) is 0 Å². The third kappa shape index (κ3) is 3.29. The van der Waals surface area contributed by atoms with Crippen LogP contribution in [0.25, 0.3) is 0 Å². The molecule has 0 aromatic rings. The highest BCUT2D eigenvalue weighted by Gasteiger charge is 2.32. The lowest BCUT2D eigenvalue weighted by Crippen LogP contribution is -2.48.